The summed E-state index contributed by atoms with van der Waals surface area (Å²) >= 11 is 13.3. The minimum atomic E-state index is -1.06. The predicted octanol–water partition coefficient (Wildman–Crippen LogP) is 10.2. The summed E-state index contributed by atoms with van der Waals surface area (Å²) < 4.78 is 23.8. The predicted molar refractivity (Wildman–Crippen MR) is 277 cm³/mol. The van der Waals surface area contributed by atoms with Crippen LogP contribution in [0.5, 0.6) is 0 Å². The molecule has 20 heteroatoms. The van der Waals surface area contributed by atoms with Crippen molar-refractivity contribution < 1.29 is 38.4 Å². The first-order chi connectivity index (χ1) is 33.8. The second kappa shape index (κ2) is 22.5. The molecular formula is C51H68Cl2N10O8. The van der Waals surface area contributed by atoms with Crippen LogP contribution in [0, 0.1) is 31.6 Å². The van der Waals surface area contributed by atoms with Gasteiger partial charge >= 0.3 is 6.16 Å². The number of carbonyl (C=O) groups is 1. The van der Waals surface area contributed by atoms with Crippen LogP contribution in [0.4, 0.5) is 28.3 Å². The third-order valence-electron chi connectivity index (χ3n) is 13.2. The maximum Gasteiger partial charge on any atom is 0.509 e. The van der Waals surface area contributed by atoms with Crippen LogP contribution in [-0.2, 0) is 22.3 Å². The van der Waals surface area contributed by atoms with Gasteiger partial charge in [-0.15, -0.1) is 0 Å². The van der Waals surface area contributed by atoms with Crippen LogP contribution >= 0.6 is 23.2 Å². The molecule has 8 atom stereocenters. The fraction of sp³-hybridized carbons (Fsp3) is 0.549. The van der Waals surface area contributed by atoms with E-state index in [1.165, 1.54) is 0 Å². The van der Waals surface area contributed by atoms with Crippen molar-refractivity contribution in [2.24, 2.45) is 17.8 Å². The zero-order chi connectivity index (χ0) is 51.5. The van der Waals surface area contributed by atoms with Gasteiger partial charge in [0.05, 0.1) is 40.7 Å². The summed E-state index contributed by atoms with van der Waals surface area (Å²) in [5.74, 6) is 2.61. The van der Waals surface area contributed by atoms with Crippen LogP contribution in [-0.4, -0.2) is 108 Å². The molecule has 2 fully saturated rings. The van der Waals surface area contributed by atoms with Crippen LogP contribution in [0.2, 0.25) is 10.3 Å². The standard InChI is InChI=1S/C29H40ClN5O4.C22H28ClN5O4/c1-9-11-19-12-18-14-21(37-24(18)16(4)32-19)22-25(30)34-27(31-8)35-26(22)33-20-13-17(10-2)15(3)23(20)38-28(36)39-29(5,6)7;1-4-5-13-6-11-8-15(32-19(11)10(2)25-13)16-20(23)27-22(24-3)28-21(16)26-14-7-12(9-29)17(30)18(14)31/h12,14-15,17,20,23H,9-11,13H2,1-8H3,(H2,31,33,34,35);6,8,12,14,17-18,29-31H,4-5,7,9H2,1-3H3,(H2,24,26,27,28)/t15-,17+,20-,23-;12-,14-,17-,18+/m11/s1. The Kier molecular flexibility index (Phi) is 16.9. The van der Waals surface area contributed by atoms with Gasteiger partial charge in [-0.05, 0) is 96.4 Å². The van der Waals surface area contributed by atoms with Crippen LogP contribution in [0.1, 0.15) is 103 Å². The molecule has 0 saturated heterocycles. The average molecular weight is 1020 g/mol. The van der Waals surface area contributed by atoms with Gasteiger partial charge in [-0.1, -0.05) is 70.2 Å². The van der Waals surface area contributed by atoms with Crippen LogP contribution in [0.15, 0.2) is 33.1 Å². The van der Waals surface area contributed by atoms with E-state index in [0.29, 0.717) is 69.7 Å². The van der Waals surface area contributed by atoms with Gasteiger partial charge in [0.15, 0.2) is 11.2 Å². The lowest BCUT2D eigenvalue weighted by molar-refractivity contribution is -0.0366. The van der Waals surface area contributed by atoms with E-state index in [0.717, 1.165) is 72.1 Å². The topological polar surface area (TPSA) is 248 Å². The number of furan rings is 2. The van der Waals surface area contributed by atoms with Gasteiger partial charge in [0.1, 0.15) is 51.3 Å². The molecule has 71 heavy (non-hydrogen) atoms. The molecule has 2 aliphatic carbocycles. The Balaban J connectivity index is 0.000000213. The Bertz CT molecular complexity index is 2830. The lowest BCUT2D eigenvalue weighted by atomic mass is 9.95. The lowest BCUT2D eigenvalue weighted by Crippen LogP contribution is -2.38. The van der Waals surface area contributed by atoms with E-state index in [1.54, 1.807) is 14.1 Å². The maximum atomic E-state index is 12.7. The Labute approximate surface area is 424 Å². The van der Waals surface area contributed by atoms with Crippen molar-refractivity contribution in [1.29, 1.82) is 0 Å². The molecule has 0 unspecified atom stereocenters. The Morgan fingerprint density at radius 1 is 0.732 bits per heavy atom. The number of nitrogens with one attached hydrogen (secondary N) is 4. The number of rotatable bonds is 15. The number of carbonyl (C=O) groups excluding carboxylic acids is 1. The molecule has 384 valence electrons. The molecule has 0 aromatic carbocycles. The summed E-state index contributed by atoms with van der Waals surface area (Å²) in [6.45, 7) is 17.6. The third kappa shape index (κ3) is 11.9. The summed E-state index contributed by atoms with van der Waals surface area (Å²) in [6, 6.07) is 7.16. The Hall–Kier alpha value is -5.53. The van der Waals surface area contributed by atoms with Crippen LogP contribution < -0.4 is 21.3 Å². The molecular weight excluding hydrogens is 952 g/mol. The normalized spacial score (nSPS) is 22.1. The number of aryl methyl sites for hydroxylation is 4. The molecule has 18 nitrogen and oxygen atoms in total. The number of pyridine rings is 2. The van der Waals surface area contributed by atoms with Crippen molar-refractivity contribution in [3.63, 3.8) is 0 Å². The molecule has 2 aliphatic rings. The second-order valence-corrected chi connectivity index (χ2v) is 20.3. The first kappa shape index (κ1) is 53.3. The van der Waals surface area contributed by atoms with E-state index in [1.807, 2.05) is 52.8 Å². The monoisotopic (exact) mass is 1020 g/mol. The maximum absolute atomic E-state index is 12.7. The van der Waals surface area contributed by atoms with Gasteiger partial charge < -0.3 is 54.9 Å². The zero-order valence-corrected chi connectivity index (χ0v) is 43.9. The molecule has 6 aromatic rings. The van der Waals surface area contributed by atoms with E-state index in [2.05, 4.69) is 75.0 Å². The number of fused-ring (bicyclic) bond motifs is 2. The molecule has 0 spiro atoms. The number of aliphatic hydroxyl groups excluding tert-OH is 3. The molecule has 8 rings (SSSR count). The van der Waals surface area contributed by atoms with E-state index in [4.69, 9.17) is 51.5 Å². The number of anilines is 4. The van der Waals surface area contributed by atoms with Gasteiger partial charge in [-0.3, -0.25) is 9.97 Å². The SMILES string of the molecule is CCCc1cc2cc(-c3c(Cl)nc(NC)nc3N[C@@H]3C[C@H](CC)[C@@H](C)[C@H]3OC(=O)OC(C)(C)C)oc2c(C)n1.CCCc1cc2cc(-c3c(Cl)nc(NC)nc3N[C@@H]3C[C@H](CO)[C@@H](O)[C@H]3O)oc2c(C)n1. The van der Waals surface area contributed by atoms with Gasteiger partial charge in [-0.25, -0.2) is 14.8 Å². The number of halogens is 2. The molecule has 0 radical (unpaired) electrons. The van der Waals surface area contributed by atoms with E-state index in [9.17, 15) is 20.1 Å². The number of nitrogens with zero attached hydrogens (tertiary/aromatic N) is 6. The van der Waals surface area contributed by atoms with E-state index in [-0.39, 0.29) is 28.9 Å². The molecule has 0 bridgehead atoms. The second-order valence-electron chi connectivity index (χ2n) is 19.6. The van der Waals surface area contributed by atoms with Gasteiger partial charge in [-0.2, -0.15) is 9.97 Å². The van der Waals surface area contributed by atoms with Gasteiger partial charge in [0.25, 0.3) is 0 Å². The highest BCUT2D eigenvalue weighted by Gasteiger charge is 2.44. The highest BCUT2D eigenvalue weighted by atomic mass is 35.5. The Morgan fingerprint density at radius 3 is 1.63 bits per heavy atom. The van der Waals surface area contributed by atoms with Crippen LogP contribution in [0.25, 0.3) is 44.6 Å². The van der Waals surface area contributed by atoms with Gasteiger partial charge in [0.2, 0.25) is 11.9 Å². The molecule has 0 aliphatic heterocycles. The first-order valence-corrected chi connectivity index (χ1v) is 25.3. The molecule has 2 saturated carbocycles. The minimum Gasteiger partial charge on any atom is -0.454 e. The van der Waals surface area contributed by atoms with Gasteiger partial charge in [0, 0.05) is 48.8 Å². The van der Waals surface area contributed by atoms with Crippen LogP contribution in [0.3, 0.4) is 0 Å². The average Bonchev–Trinajstić information content (AvgIpc) is 4.07. The van der Waals surface area contributed by atoms with Crippen molar-refractivity contribution >= 4 is 74.8 Å². The minimum absolute atomic E-state index is 0.126. The number of aromatic nitrogens is 6. The van der Waals surface area contributed by atoms with E-state index >= 15 is 0 Å². The van der Waals surface area contributed by atoms with Crippen molar-refractivity contribution in [2.45, 2.75) is 143 Å². The fourth-order valence-corrected chi connectivity index (χ4v) is 10.2. The smallest absolute Gasteiger partial charge is 0.454 e. The molecule has 7 N–H and O–H groups in total. The summed E-state index contributed by atoms with van der Waals surface area (Å²) in [4.78, 5) is 39.9. The fourth-order valence-electron chi connectivity index (χ4n) is 9.66. The Morgan fingerprint density at radius 2 is 1.21 bits per heavy atom. The lowest BCUT2D eigenvalue weighted by Gasteiger charge is -2.27. The molecule has 0 amide bonds. The first-order valence-electron chi connectivity index (χ1n) is 24.5. The highest BCUT2D eigenvalue weighted by molar-refractivity contribution is 6.33. The third-order valence-corrected chi connectivity index (χ3v) is 13.7. The number of hydrogen-bond acceptors (Lipinski definition) is 18. The largest absolute Gasteiger partial charge is 0.509 e. The summed E-state index contributed by atoms with van der Waals surface area (Å²) in [7, 11) is 3.41. The highest BCUT2D eigenvalue weighted by Crippen LogP contribution is 2.43. The van der Waals surface area contributed by atoms with Crippen molar-refractivity contribution in [3.8, 4) is 22.6 Å². The summed E-state index contributed by atoms with van der Waals surface area (Å²) in [5.41, 5.74) is 5.35. The zero-order valence-electron chi connectivity index (χ0n) is 42.4. The van der Waals surface area contributed by atoms with Crippen molar-refractivity contribution in [2.75, 3.05) is 42.0 Å². The quantitative estimate of drug-likeness (QED) is 0.0373. The number of aliphatic hydroxyl groups is 3. The number of ether oxygens (including phenoxy) is 2. The summed E-state index contributed by atoms with van der Waals surface area (Å²) in [5, 5.41) is 45.0. The molecule has 6 heterocycles. The van der Waals surface area contributed by atoms with Crippen molar-refractivity contribution in [1.82, 2.24) is 29.9 Å². The summed E-state index contributed by atoms with van der Waals surface area (Å²) in [6.07, 6.45) is 2.71. The van der Waals surface area contributed by atoms with E-state index < -0.39 is 42.0 Å². The molecule has 6 aromatic heterocycles. The number of hydrogen-bond donors (Lipinski definition) is 7. The van der Waals surface area contributed by atoms with Crippen molar-refractivity contribution in [3.05, 3.63) is 57.3 Å².